The zero-order chi connectivity index (χ0) is 10.9. The van der Waals surface area contributed by atoms with Crippen molar-refractivity contribution in [2.45, 2.75) is 39.7 Å². The maximum absolute atomic E-state index is 11.7. The Kier molecular flexibility index (Phi) is 3.20. The van der Waals surface area contributed by atoms with E-state index in [1.165, 1.54) is 0 Å². The summed E-state index contributed by atoms with van der Waals surface area (Å²) in [4.78, 5) is 13.4. The van der Waals surface area contributed by atoms with E-state index in [9.17, 15) is 9.90 Å². The van der Waals surface area contributed by atoms with Crippen LogP contribution in [0.5, 0.6) is 0 Å². The van der Waals surface area contributed by atoms with Crippen LogP contribution in [0.1, 0.15) is 34.1 Å². The lowest BCUT2D eigenvalue weighted by molar-refractivity contribution is -0.167. The Morgan fingerprint density at radius 2 is 1.93 bits per heavy atom. The van der Waals surface area contributed by atoms with E-state index >= 15 is 0 Å². The molecule has 1 unspecified atom stereocenters. The van der Waals surface area contributed by atoms with Crippen molar-refractivity contribution in [3.05, 3.63) is 0 Å². The molecule has 0 aromatic carbocycles. The van der Waals surface area contributed by atoms with Crippen LogP contribution in [0.15, 0.2) is 0 Å². The number of hydrogen-bond acceptors (Lipinski definition) is 2. The lowest BCUT2D eigenvalue weighted by atomic mass is 9.82. The Morgan fingerprint density at radius 3 is 2.29 bits per heavy atom. The summed E-state index contributed by atoms with van der Waals surface area (Å²) in [5.41, 5.74) is -0.636. The van der Waals surface area contributed by atoms with Gasteiger partial charge in [-0.2, -0.15) is 0 Å². The van der Waals surface area contributed by atoms with Crippen LogP contribution in [-0.4, -0.2) is 34.6 Å². The molecule has 0 aromatic heterocycles. The first-order valence-electron chi connectivity index (χ1n) is 5.42. The highest BCUT2D eigenvalue weighted by Crippen LogP contribution is 2.29. The molecule has 14 heavy (non-hydrogen) atoms. The fourth-order valence-corrected chi connectivity index (χ4v) is 1.62. The van der Waals surface area contributed by atoms with E-state index < -0.39 is 5.60 Å². The summed E-state index contributed by atoms with van der Waals surface area (Å²) in [6.07, 6.45) is 0.870. The molecule has 0 spiro atoms. The number of carbonyl (C=O) groups excluding carboxylic acids is 1. The van der Waals surface area contributed by atoms with Crippen molar-refractivity contribution in [1.29, 1.82) is 0 Å². The second-order valence-corrected chi connectivity index (χ2v) is 4.76. The monoisotopic (exact) mass is 199 g/mol. The molecular formula is C11H21NO2. The van der Waals surface area contributed by atoms with Crippen LogP contribution in [-0.2, 0) is 4.79 Å². The second-order valence-electron chi connectivity index (χ2n) is 4.76. The molecule has 1 amide bonds. The first-order chi connectivity index (χ1) is 6.40. The number of β-amino-alcohol motifs (C(OH)–C–C–N with tert-alkyl or cyclic N) is 1. The highest BCUT2D eigenvalue weighted by atomic mass is 16.3. The maximum Gasteiger partial charge on any atom is 0.225 e. The van der Waals surface area contributed by atoms with Crippen LogP contribution in [0.4, 0.5) is 0 Å². The van der Waals surface area contributed by atoms with Crippen LogP contribution < -0.4 is 0 Å². The smallest absolute Gasteiger partial charge is 0.225 e. The van der Waals surface area contributed by atoms with Gasteiger partial charge in [0.1, 0.15) is 5.60 Å². The third kappa shape index (κ3) is 1.92. The topological polar surface area (TPSA) is 40.5 Å². The van der Waals surface area contributed by atoms with Gasteiger partial charge in [-0.3, -0.25) is 4.79 Å². The number of carbonyl (C=O) groups is 1. The van der Waals surface area contributed by atoms with E-state index in [4.69, 9.17) is 0 Å². The van der Waals surface area contributed by atoms with Gasteiger partial charge in [-0.25, -0.2) is 0 Å². The van der Waals surface area contributed by atoms with Crippen molar-refractivity contribution in [2.75, 3.05) is 13.1 Å². The number of nitrogens with zero attached hydrogens (tertiary/aromatic N) is 1. The van der Waals surface area contributed by atoms with Crippen LogP contribution >= 0.6 is 0 Å². The van der Waals surface area contributed by atoms with Gasteiger partial charge in [-0.15, -0.1) is 0 Å². The van der Waals surface area contributed by atoms with E-state index in [0.717, 1.165) is 6.42 Å². The summed E-state index contributed by atoms with van der Waals surface area (Å²) in [7, 11) is 0. The van der Waals surface area contributed by atoms with Crippen LogP contribution in [0.3, 0.4) is 0 Å². The molecule has 3 nitrogen and oxygen atoms in total. The van der Waals surface area contributed by atoms with Crippen LogP contribution in [0.2, 0.25) is 0 Å². The molecule has 1 aliphatic rings. The van der Waals surface area contributed by atoms with E-state index in [1.807, 2.05) is 27.7 Å². The van der Waals surface area contributed by atoms with Crippen LogP contribution in [0.25, 0.3) is 0 Å². The van der Waals surface area contributed by atoms with E-state index in [2.05, 4.69) is 0 Å². The molecule has 0 aliphatic carbocycles. The average molecular weight is 199 g/mol. The van der Waals surface area contributed by atoms with Gasteiger partial charge >= 0.3 is 0 Å². The van der Waals surface area contributed by atoms with Crippen molar-refractivity contribution >= 4 is 5.91 Å². The van der Waals surface area contributed by atoms with Gasteiger partial charge in [-0.05, 0) is 12.3 Å². The van der Waals surface area contributed by atoms with Gasteiger partial charge < -0.3 is 10.0 Å². The minimum absolute atomic E-state index is 0.0895. The number of rotatable bonds is 3. The van der Waals surface area contributed by atoms with Gasteiger partial charge in [0.2, 0.25) is 5.91 Å². The highest BCUT2D eigenvalue weighted by molar-refractivity contribution is 5.79. The van der Waals surface area contributed by atoms with Crippen LogP contribution in [0, 0.1) is 11.8 Å². The zero-order valence-electron chi connectivity index (χ0n) is 9.58. The molecule has 0 saturated carbocycles. The lowest BCUT2D eigenvalue weighted by Crippen LogP contribution is -2.66. The predicted molar refractivity (Wildman–Crippen MR) is 55.8 cm³/mol. The highest BCUT2D eigenvalue weighted by Gasteiger charge is 2.46. The summed E-state index contributed by atoms with van der Waals surface area (Å²) >= 11 is 0. The lowest BCUT2D eigenvalue weighted by Gasteiger charge is -2.49. The quantitative estimate of drug-likeness (QED) is 0.743. The Labute approximate surface area is 86.1 Å². The average Bonchev–Trinajstić information content (AvgIpc) is 2.10. The minimum Gasteiger partial charge on any atom is -0.386 e. The Hall–Kier alpha value is -0.570. The molecule has 1 aliphatic heterocycles. The minimum atomic E-state index is -0.636. The number of likely N-dealkylation sites (tertiary alicyclic amines) is 1. The predicted octanol–water partition coefficient (Wildman–Crippen LogP) is 1.26. The van der Waals surface area contributed by atoms with Crippen molar-refractivity contribution in [2.24, 2.45) is 11.8 Å². The molecule has 1 heterocycles. The molecule has 1 rings (SSSR count). The fraction of sp³-hybridized carbons (Fsp3) is 0.909. The summed E-state index contributed by atoms with van der Waals surface area (Å²) in [6, 6.07) is 0. The second kappa shape index (κ2) is 3.89. The van der Waals surface area contributed by atoms with Gasteiger partial charge in [0, 0.05) is 5.92 Å². The third-order valence-electron chi connectivity index (χ3n) is 3.35. The fourth-order valence-electron chi connectivity index (χ4n) is 1.62. The first-order valence-corrected chi connectivity index (χ1v) is 5.42. The molecular weight excluding hydrogens is 178 g/mol. The number of amides is 1. The summed E-state index contributed by atoms with van der Waals surface area (Å²) in [5.74, 6) is 0.494. The van der Waals surface area contributed by atoms with Crippen molar-refractivity contribution in [3.8, 4) is 0 Å². The first kappa shape index (κ1) is 11.5. The van der Waals surface area contributed by atoms with E-state index in [-0.39, 0.29) is 17.7 Å². The molecule has 1 saturated heterocycles. The largest absolute Gasteiger partial charge is 0.386 e. The van der Waals surface area contributed by atoms with Crippen molar-refractivity contribution in [3.63, 3.8) is 0 Å². The normalized spacial score (nSPS) is 22.0. The Bertz CT molecular complexity index is 219. The van der Waals surface area contributed by atoms with Gasteiger partial charge in [0.25, 0.3) is 0 Å². The molecule has 0 aromatic rings. The van der Waals surface area contributed by atoms with Crippen molar-refractivity contribution in [1.82, 2.24) is 4.90 Å². The zero-order valence-corrected chi connectivity index (χ0v) is 9.58. The molecule has 3 heteroatoms. The molecule has 0 radical (unpaired) electrons. The van der Waals surface area contributed by atoms with Gasteiger partial charge in [0.15, 0.2) is 0 Å². The summed E-state index contributed by atoms with van der Waals surface area (Å²) < 4.78 is 0. The molecule has 0 bridgehead atoms. The summed E-state index contributed by atoms with van der Waals surface area (Å²) in [6.45, 7) is 8.95. The summed E-state index contributed by atoms with van der Waals surface area (Å²) in [5, 5.41) is 9.97. The number of aliphatic hydroxyl groups is 1. The Balaban J connectivity index is 2.45. The van der Waals surface area contributed by atoms with E-state index in [1.54, 1.807) is 4.90 Å². The third-order valence-corrected chi connectivity index (χ3v) is 3.35. The molecule has 1 atom stereocenters. The standard InChI is InChI=1S/C11H21NO2/c1-5-9(4)10(13)12-6-11(14,7-12)8(2)3/h8-9,14H,5-7H2,1-4H3. The van der Waals surface area contributed by atoms with E-state index in [0.29, 0.717) is 13.1 Å². The van der Waals surface area contributed by atoms with Crippen molar-refractivity contribution < 1.29 is 9.90 Å². The SMILES string of the molecule is CCC(C)C(=O)N1CC(O)(C(C)C)C1. The number of hydrogen-bond donors (Lipinski definition) is 1. The Morgan fingerprint density at radius 1 is 1.43 bits per heavy atom. The molecule has 1 fully saturated rings. The maximum atomic E-state index is 11.7. The van der Waals surface area contributed by atoms with Gasteiger partial charge in [0.05, 0.1) is 13.1 Å². The molecule has 82 valence electrons. The van der Waals surface area contributed by atoms with Gasteiger partial charge in [-0.1, -0.05) is 27.7 Å². The molecule has 1 N–H and O–H groups in total.